The van der Waals surface area contributed by atoms with Gasteiger partial charge in [0.1, 0.15) is 0 Å². The summed E-state index contributed by atoms with van der Waals surface area (Å²) in [5, 5.41) is 4.73. The maximum absolute atomic E-state index is 5.23. The molecule has 0 aliphatic heterocycles. The van der Waals surface area contributed by atoms with Crippen molar-refractivity contribution in [1.29, 1.82) is 0 Å². The average Bonchev–Trinajstić information content (AvgIpc) is 3.10. The molecule has 224 valence electrons. The summed E-state index contributed by atoms with van der Waals surface area (Å²) in [6.07, 6.45) is 2.33. The predicted molar refractivity (Wildman–Crippen MR) is 192 cm³/mol. The monoisotopic (exact) mass is 595 g/mol. The Morgan fingerprint density at radius 1 is 0.413 bits per heavy atom. The number of fused-ring (bicyclic) bond motifs is 4. The second-order valence-corrected chi connectivity index (χ2v) is 14.0. The molecule has 7 aromatic rings. The van der Waals surface area contributed by atoms with E-state index in [4.69, 9.17) is 15.0 Å². The highest BCUT2D eigenvalue weighted by molar-refractivity contribution is 6.13. The fourth-order valence-corrected chi connectivity index (χ4v) is 7.16. The van der Waals surface area contributed by atoms with Crippen LogP contribution in [0.25, 0.3) is 66.8 Å². The van der Waals surface area contributed by atoms with Crippen molar-refractivity contribution in [1.82, 2.24) is 15.0 Å². The molecular formula is C43H37N3. The zero-order chi connectivity index (χ0) is 31.5. The molecule has 3 heteroatoms. The molecule has 0 saturated carbocycles. The second-order valence-electron chi connectivity index (χ2n) is 14.0. The lowest BCUT2D eigenvalue weighted by molar-refractivity contribution is 0.332. The highest BCUT2D eigenvalue weighted by Crippen LogP contribution is 2.47. The van der Waals surface area contributed by atoms with Crippen LogP contribution in [-0.4, -0.2) is 15.0 Å². The Balaban J connectivity index is 1.35. The van der Waals surface area contributed by atoms with Gasteiger partial charge in [-0.1, -0.05) is 143 Å². The van der Waals surface area contributed by atoms with E-state index in [-0.39, 0.29) is 10.8 Å². The van der Waals surface area contributed by atoms with Gasteiger partial charge in [0.05, 0.1) is 0 Å². The summed E-state index contributed by atoms with van der Waals surface area (Å²) >= 11 is 0. The number of hydrogen-bond donors (Lipinski definition) is 0. The van der Waals surface area contributed by atoms with Crippen LogP contribution in [0.5, 0.6) is 0 Å². The van der Waals surface area contributed by atoms with E-state index in [2.05, 4.69) is 149 Å². The number of rotatable bonds is 4. The lowest BCUT2D eigenvalue weighted by Crippen LogP contribution is -2.33. The highest BCUT2D eigenvalue weighted by Gasteiger charge is 2.37. The third-order valence-electron chi connectivity index (χ3n) is 10.0. The van der Waals surface area contributed by atoms with Crippen molar-refractivity contribution in [3.63, 3.8) is 0 Å². The smallest absolute Gasteiger partial charge is 0.164 e. The van der Waals surface area contributed by atoms with Crippen LogP contribution < -0.4 is 0 Å². The maximum Gasteiger partial charge on any atom is 0.164 e. The molecule has 1 aliphatic rings. The lowest BCUT2D eigenvalue weighted by atomic mass is 9.63. The molecule has 1 heterocycles. The minimum absolute atomic E-state index is 0.0847. The van der Waals surface area contributed by atoms with Crippen LogP contribution in [0.15, 0.2) is 127 Å². The van der Waals surface area contributed by atoms with Crippen molar-refractivity contribution < 1.29 is 0 Å². The van der Waals surface area contributed by atoms with E-state index in [1.165, 1.54) is 44.8 Å². The SMILES string of the molecule is CC1(C)CCC(C)(C)c2cc(-c3nc(-c4ccc(-c5ccccc5)cc4)nc(-c4cc5ccccc5c5ccccc45)n3)ccc21. The molecule has 1 aromatic heterocycles. The molecule has 3 nitrogen and oxygen atoms in total. The molecule has 0 radical (unpaired) electrons. The third kappa shape index (κ3) is 4.87. The van der Waals surface area contributed by atoms with Gasteiger partial charge < -0.3 is 0 Å². The quantitative estimate of drug-likeness (QED) is 0.190. The molecule has 6 aromatic carbocycles. The molecule has 1 aliphatic carbocycles. The Morgan fingerprint density at radius 3 is 1.67 bits per heavy atom. The largest absolute Gasteiger partial charge is 0.208 e. The normalized spacial score (nSPS) is 15.1. The first-order valence-corrected chi connectivity index (χ1v) is 16.3. The number of benzene rings is 6. The first-order chi connectivity index (χ1) is 22.3. The van der Waals surface area contributed by atoms with E-state index in [9.17, 15) is 0 Å². The molecule has 0 fully saturated rings. The van der Waals surface area contributed by atoms with Crippen molar-refractivity contribution in [2.24, 2.45) is 0 Å². The first-order valence-electron chi connectivity index (χ1n) is 16.3. The van der Waals surface area contributed by atoms with Crippen LogP contribution in [0.4, 0.5) is 0 Å². The Kier molecular flexibility index (Phi) is 6.61. The molecule has 0 N–H and O–H groups in total. The van der Waals surface area contributed by atoms with Crippen LogP contribution in [0.2, 0.25) is 0 Å². The van der Waals surface area contributed by atoms with E-state index in [0.717, 1.165) is 28.5 Å². The van der Waals surface area contributed by atoms with Crippen molar-refractivity contribution in [2.75, 3.05) is 0 Å². The van der Waals surface area contributed by atoms with Crippen molar-refractivity contribution >= 4 is 21.5 Å². The summed E-state index contributed by atoms with van der Waals surface area (Å²) in [4.78, 5) is 15.6. The Bertz CT molecular complexity index is 2250. The molecule has 46 heavy (non-hydrogen) atoms. The maximum atomic E-state index is 5.23. The van der Waals surface area contributed by atoms with Crippen LogP contribution in [0.1, 0.15) is 51.7 Å². The first kappa shape index (κ1) is 28.3. The molecule has 0 bridgehead atoms. The molecule has 0 spiro atoms. The average molecular weight is 596 g/mol. The third-order valence-corrected chi connectivity index (χ3v) is 10.0. The molecular weight excluding hydrogens is 558 g/mol. The van der Waals surface area contributed by atoms with Crippen LogP contribution >= 0.6 is 0 Å². The van der Waals surface area contributed by atoms with Gasteiger partial charge in [0.2, 0.25) is 0 Å². The molecule has 0 unspecified atom stereocenters. The van der Waals surface area contributed by atoms with Crippen LogP contribution in [-0.2, 0) is 10.8 Å². The Hall–Kier alpha value is -5.15. The fourth-order valence-electron chi connectivity index (χ4n) is 7.16. The lowest BCUT2D eigenvalue weighted by Gasteiger charge is -2.42. The van der Waals surface area contributed by atoms with E-state index < -0.39 is 0 Å². The Labute approximate surface area is 271 Å². The Morgan fingerprint density at radius 2 is 0.935 bits per heavy atom. The van der Waals surface area contributed by atoms with Gasteiger partial charge in [0.25, 0.3) is 0 Å². The molecule has 0 saturated heterocycles. The number of aromatic nitrogens is 3. The summed E-state index contributed by atoms with van der Waals surface area (Å²) in [5.74, 6) is 2.06. The highest BCUT2D eigenvalue weighted by atomic mass is 15.0. The standard InChI is InChI=1S/C43H37N3/c1-42(2)24-25-43(3,4)38-27-32(22-23-37(38)42)40-44-39(30-20-18-29(19-21-30)28-12-6-5-7-13-28)45-41(46-40)36-26-31-14-8-9-15-33(31)34-16-10-11-17-35(34)36/h5-23,26-27H,24-25H2,1-4H3. The second kappa shape index (κ2) is 10.7. The topological polar surface area (TPSA) is 38.7 Å². The van der Waals surface area contributed by atoms with E-state index in [1.807, 2.05) is 6.07 Å². The summed E-state index contributed by atoms with van der Waals surface area (Å²) in [6, 6.07) is 45.3. The van der Waals surface area contributed by atoms with Gasteiger partial charge in [-0.05, 0) is 79.6 Å². The molecule has 8 rings (SSSR count). The van der Waals surface area contributed by atoms with E-state index in [0.29, 0.717) is 17.5 Å². The summed E-state index contributed by atoms with van der Waals surface area (Å²) in [5.41, 5.74) is 8.42. The molecule has 0 atom stereocenters. The van der Waals surface area contributed by atoms with E-state index in [1.54, 1.807) is 0 Å². The molecule has 0 amide bonds. The van der Waals surface area contributed by atoms with Gasteiger partial charge in [-0.15, -0.1) is 0 Å². The minimum atomic E-state index is 0.0847. The van der Waals surface area contributed by atoms with Gasteiger partial charge in [-0.3, -0.25) is 0 Å². The van der Waals surface area contributed by atoms with Gasteiger partial charge in [-0.2, -0.15) is 0 Å². The van der Waals surface area contributed by atoms with Gasteiger partial charge in [-0.25, -0.2) is 15.0 Å². The van der Waals surface area contributed by atoms with E-state index >= 15 is 0 Å². The van der Waals surface area contributed by atoms with Crippen molar-refractivity contribution in [3.05, 3.63) is 139 Å². The van der Waals surface area contributed by atoms with Gasteiger partial charge in [0, 0.05) is 16.7 Å². The summed E-state index contributed by atoms with van der Waals surface area (Å²) in [7, 11) is 0. The zero-order valence-electron chi connectivity index (χ0n) is 26.9. The fraction of sp³-hybridized carbons (Fsp3) is 0.186. The van der Waals surface area contributed by atoms with Crippen LogP contribution in [0, 0.1) is 0 Å². The summed E-state index contributed by atoms with van der Waals surface area (Å²) in [6.45, 7) is 9.46. The van der Waals surface area contributed by atoms with Crippen LogP contribution in [0.3, 0.4) is 0 Å². The minimum Gasteiger partial charge on any atom is -0.208 e. The van der Waals surface area contributed by atoms with Crippen molar-refractivity contribution in [3.8, 4) is 45.3 Å². The number of nitrogens with zero attached hydrogens (tertiary/aromatic N) is 3. The van der Waals surface area contributed by atoms with Gasteiger partial charge >= 0.3 is 0 Å². The van der Waals surface area contributed by atoms with Crippen molar-refractivity contribution in [2.45, 2.75) is 51.4 Å². The summed E-state index contributed by atoms with van der Waals surface area (Å²) < 4.78 is 0. The van der Waals surface area contributed by atoms with Gasteiger partial charge in [0.15, 0.2) is 17.5 Å². The zero-order valence-corrected chi connectivity index (χ0v) is 26.9. The predicted octanol–water partition coefficient (Wildman–Crippen LogP) is 11.2. The number of hydrogen-bond acceptors (Lipinski definition) is 3.